The van der Waals surface area contributed by atoms with E-state index < -0.39 is 0 Å². The Morgan fingerprint density at radius 3 is 3.10 bits per heavy atom. The molecule has 21 heavy (non-hydrogen) atoms. The number of ether oxygens (including phenoxy) is 1. The second-order valence-electron chi connectivity index (χ2n) is 6.97. The van der Waals surface area contributed by atoms with Crippen LogP contribution >= 0.6 is 0 Å². The minimum absolute atomic E-state index is 0.858. The molecule has 1 fully saturated rings. The van der Waals surface area contributed by atoms with E-state index in [2.05, 4.69) is 30.4 Å². The average molecular weight is 287 g/mol. The molecule has 116 valence electrons. The summed E-state index contributed by atoms with van der Waals surface area (Å²) in [4.78, 5) is 0. The second-order valence-corrected chi connectivity index (χ2v) is 6.97. The zero-order chi connectivity index (χ0) is 14.5. The fourth-order valence-corrected chi connectivity index (χ4v) is 3.88. The predicted molar refractivity (Wildman–Crippen MR) is 88.0 cm³/mol. The van der Waals surface area contributed by atoms with Gasteiger partial charge in [-0.1, -0.05) is 38.3 Å². The van der Waals surface area contributed by atoms with E-state index in [-0.39, 0.29) is 0 Å². The maximum Gasteiger partial charge on any atom is 0.122 e. The fraction of sp³-hybridized carbons (Fsp3) is 0.684. The lowest BCUT2D eigenvalue weighted by Crippen LogP contribution is -2.23. The van der Waals surface area contributed by atoms with E-state index in [1.54, 1.807) is 0 Å². The highest BCUT2D eigenvalue weighted by atomic mass is 16.5. The van der Waals surface area contributed by atoms with E-state index in [9.17, 15) is 0 Å². The fourth-order valence-electron chi connectivity index (χ4n) is 3.88. The highest BCUT2D eigenvalue weighted by Gasteiger charge is 2.18. The van der Waals surface area contributed by atoms with Crippen molar-refractivity contribution in [3.8, 4) is 5.75 Å². The first kappa shape index (κ1) is 14.9. The Hall–Kier alpha value is -1.02. The van der Waals surface area contributed by atoms with Crippen molar-refractivity contribution in [2.24, 2.45) is 11.8 Å². The molecular weight excluding hydrogens is 258 g/mol. The van der Waals surface area contributed by atoms with Gasteiger partial charge in [0.2, 0.25) is 0 Å². The molecule has 3 rings (SSSR count). The number of hydrogen-bond donors (Lipinski definition) is 1. The lowest BCUT2D eigenvalue weighted by Gasteiger charge is -2.26. The third-order valence-corrected chi connectivity index (χ3v) is 5.12. The van der Waals surface area contributed by atoms with E-state index in [1.807, 2.05) is 0 Å². The van der Waals surface area contributed by atoms with Gasteiger partial charge in [0.05, 0.1) is 6.61 Å². The Kier molecular flexibility index (Phi) is 5.18. The summed E-state index contributed by atoms with van der Waals surface area (Å²) in [7, 11) is 0. The highest BCUT2D eigenvalue weighted by Crippen LogP contribution is 2.30. The third-order valence-electron chi connectivity index (χ3n) is 5.12. The van der Waals surface area contributed by atoms with E-state index in [0.29, 0.717) is 0 Å². The maximum absolute atomic E-state index is 5.56. The molecule has 2 heteroatoms. The lowest BCUT2D eigenvalue weighted by molar-refractivity contribution is 0.268. The van der Waals surface area contributed by atoms with Crippen LogP contribution in [0.25, 0.3) is 0 Å². The molecular formula is C19H29NO. The quantitative estimate of drug-likeness (QED) is 0.799. The van der Waals surface area contributed by atoms with Gasteiger partial charge < -0.3 is 10.1 Å². The largest absolute Gasteiger partial charge is 0.493 e. The summed E-state index contributed by atoms with van der Waals surface area (Å²) in [5.74, 6) is 3.02. The Balaban J connectivity index is 1.33. The summed E-state index contributed by atoms with van der Waals surface area (Å²) in [6.45, 7) is 5.56. The molecule has 1 aliphatic carbocycles. The summed E-state index contributed by atoms with van der Waals surface area (Å²) in [6, 6.07) is 6.68. The van der Waals surface area contributed by atoms with Crippen molar-refractivity contribution in [2.45, 2.75) is 51.9 Å². The molecule has 0 saturated heterocycles. The van der Waals surface area contributed by atoms with Gasteiger partial charge in [0.15, 0.2) is 0 Å². The van der Waals surface area contributed by atoms with Crippen molar-refractivity contribution >= 4 is 0 Å². The Morgan fingerprint density at radius 2 is 2.19 bits per heavy atom. The van der Waals surface area contributed by atoms with Gasteiger partial charge in [-0.2, -0.15) is 0 Å². The molecule has 1 aromatic carbocycles. The summed E-state index contributed by atoms with van der Waals surface area (Å²) in [5, 5.41) is 3.63. The van der Waals surface area contributed by atoms with E-state index in [4.69, 9.17) is 4.74 Å². The van der Waals surface area contributed by atoms with Gasteiger partial charge in [-0.25, -0.2) is 0 Å². The van der Waals surface area contributed by atoms with Gasteiger partial charge in [0.25, 0.3) is 0 Å². The summed E-state index contributed by atoms with van der Waals surface area (Å²) < 4.78 is 5.56. The van der Waals surface area contributed by atoms with E-state index >= 15 is 0 Å². The van der Waals surface area contributed by atoms with E-state index in [1.165, 1.54) is 49.8 Å². The molecule has 0 radical (unpaired) electrons. The first-order valence-corrected chi connectivity index (χ1v) is 8.76. The number of nitrogens with one attached hydrogen (secondary N) is 1. The van der Waals surface area contributed by atoms with Crippen LogP contribution in [-0.2, 0) is 12.8 Å². The SMILES string of the molecule is CC1CCCC(CCNCCc2ccc3c(c2)CCO3)C1. The van der Waals surface area contributed by atoms with Crippen molar-refractivity contribution in [3.05, 3.63) is 29.3 Å². The predicted octanol–water partition coefficient (Wildman–Crippen LogP) is 3.97. The number of rotatable bonds is 6. The minimum Gasteiger partial charge on any atom is -0.493 e. The van der Waals surface area contributed by atoms with Crippen molar-refractivity contribution in [1.29, 1.82) is 0 Å². The smallest absolute Gasteiger partial charge is 0.122 e. The Bertz CT molecular complexity index is 457. The van der Waals surface area contributed by atoms with Crippen LogP contribution in [0.5, 0.6) is 5.75 Å². The number of benzene rings is 1. The molecule has 2 nitrogen and oxygen atoms in total. The van der Waals surface area contributed by atoms with Crippen molar-refractivity contribution in [2.75, 3.05) is 19.7 Å². The standard InChI is InChI=1S/C19H29NO/c1-15-3-2-4-16(13-15)7-10-20-11-8-17-5-6-19-18(14-17)9-12-21-19/h5-6,14-16,20H,2-4,7-13H2,1H3. The Labute approximate surface area is 129 Å². The zero-order valence-electron chi connectivity index (χ0n) is 13.4. The summed E-state index contributed by atoms with van der Waals surface area (Å²) >= 11 is 0. The monoisotopic (exact) mass is 287 g/mol. The van der Waals surface area contributed by atoms with Crippen LogP contribution in [0.4, 0.5) is 0 Å². The molecule has 1 aromatic rings. The molecule has 0 amide bonds. The van der Waals surface area contributed by atoms with Gasteiger partial charge in [-0.3, -0.25) is 0 Å². The molecule has 1 heterocycles. The van der Waals surface area contributed by atoms with Gasteiger partial charge in [-0.05, 0) is 61.4 Å². The van der Waals surface area contributed by atoms with Gasteiger partial charge >= 0.3 is 0 Å². The number of hydrogen-bond acceptors (Lipinski definition) is 2. The van der Waals surface area contributed by atoms with E-state index in [0.717, 1.165) is 43.6 Å². The van der Waals surface area contributed by atoms with Crippen LogP contribution in [0.3, 0.4) is 0 Å². The summed E-state index contributed by atoms with van der Waals surface area (Å²) in [5.41, 5.74) is 2.83. The lowest BCUT2D eigenvalue weighted by atomic mass is 9.81. The normalized spacial score (nSPS) is 24.6. The molecule has 1 saturated carbocycles. The molecule has 2 unspecified atom stereocenters. The zero-order valence-corrected chi connectivity index (χ0v) is 13.4. The highest BCUT2D eigenvalue weighted by molar-refractivity contribution is 5.39. The van der Waals surface area contributed by atoms with Crippen LogP contribution in [0.15, 0.2) is 18.2 Å². The molecule has 2 aliphatic rings. The number of fused-ring (bicyclic) bond motifs is 1. The van der Waals surface area contributed by atoms with Crippen LogP contribution in [0.2, 0.25) is 0 Å². The van der Waals surface area contributed by atoms with Crippen molar-refractivity contribution in [3.63, 3.8) is 0 Å². The second kappa shape index (κ2) is 7.31. The van der Waals surface area contributed by atoms with Crippen molar-refractivity contribution < 1.29 is 4.74 Å². The van der Waals surface area contributed by atoms with Crippen LogP contribution in [0, 0.1) is 11.8 Å². The molecule has 0 aromatic heterocycles. The average Bonchev–Trinajstić information content (AvgIpc) is 2.94. The molecule has 1 aliphatic heterocycles. The van der Waals surface area contributed by atoms with Crippen molar-refractivity contribution in [1.82, 2.24) is 5.32 Å². The van der Waals surface area contributed by atoms with Crippen LogP contribution in [0.1, 0.15) is 50.2 Å². The third kappa shape index (κ3) is 4.23. The molecule has 0 bridgehead atoms. The first-order chi connectivity index (χ1) is 10.3. The van der Waals surface area contributed by atoms with Gasteiger partial charge in [0, 0.05) is 6.42 Å². The topological polar surface area (TPSA) is 21.3 Å². The van der Waals surface area contributed by atoms with Gasteiger partial charge in [-0.15, -0.1) is 0 Å². The van der Waals surface area contributed by atoms with Crippen LogP contribution < -0.4 is 10.1 Å². The Morgan fingerprint density at radius 1 is 1.24 bits per heavy atom. The van der Waals surface area contributed by atoms with Gasteiger partial charge in [0.1, 0.15) is 5.75 Å². The van der Waals surface area contributed by atoms with Crippen LogP contribution in [-0.4, -0.2) is 19.7 Å². The minimum atomic E-state index is 0.858. The molecule has 2 atom stereocenters. The maximum atomic E-state index is 5.56. The molecule has 1 N–H and O–H groups in total. The summed E-state index contributed by atoms with van der Waals surface area (Å²) in [6.07, 6.45) is 9.38. The molecule has 0 spiro atoms. The first-order valence-electron chi connectivity index (χ1n) is 8.76.